The van der Waals surface area contributed by atoms with Gasteiger partial charge in [-0.3, -0.25) is 0 Å². The number of nitrogens with one attached hydrogen (secondary N) is 2. The number of hydrogen-bond donors (Lipinski definition) is 2. The second-order valence-corrected chi connectivity index (χ2v) is 7.43. The van der Waals surface area contributed by atoms with E-state index in [2.05, 4.69) is 15.3 Å². The zero-order valence-electron chi connectivity index (χ0n) is 16.5. The van der Waals surface area contributed by atoms with Gasteiger partial charge in [0.25, 0.3) is 0 Å². The molecule has 1 aliphatic heterocycles. The topological polar surface area (TPSA) is 87.3 Å². The predicted octanol–water partition coefficient (Wildman–Crippen LogP) is 2.93. The second-order valence-electron chi connectivity index (χ2n) is 7.43. The first-order valence-electron chi connectivity index (χ1n) is 9.43. The van der Waals surface area contributed by atoms with Crippen LogP contribution in [0.1, 0.15) is 43.3 Å². The quantitative estimate of drug-likeness (QED) is 0.748. The summed E-state index contributed by atoms with van der Waals surface area (Å²) in [6.07, 6.45) is 2.33. The standard InChI is InChI=1S/C20H24F2N4O3/c1-11(2)8-16(19(27)29-3)25-20(28)26-7-6-15-17(24-10-23-15)18(26)13-9-12(21)4-5-14(13)22/h4-5,9-11,16,18H,6-8H2,1-3H3,(H,23,24)(H,25,28)/t16-,18-/m0/s1. The smallest absolute Gasteiger partial charge is 0.328 e. The molecule has 7 nitrogen and oxygen atoms in total. The van der Waals surface area contributed by atoms with E-state index < -0.39 is 35.7 Å². The Hall–Kier alpha value is -2.97. The van der Waals surface area contributed by atoms with Crippen LogP contribution in [-0.2, 0) is 16.0 Å². The number of amides is 2. The largest absolute Gasteiger partial charge is 0.467 e. The van der Waals surface area contributed by atoms with Crippen LogP contribution in [0.2, 0.25) is 0 Å². The highest BCUT2D eigenvalue weighted by Gasteiger charge is 2.37. The fourth-order valence-corrected chi connectivity index (χ4v) is 3.59. The molecule has 2 atom stereocenters. The molecular weight excluding hydrogens is 382 g/mol. The number of carbonyl (C=O) groups excluding carboxylic acids is 2. The summed E-state index contributed by atoms with van der Waals surface area (Å²) in [5, 5.41) is 2.68. The summed E-state index contributed by atoms with van der Waals surface area (Å²) in [6.45, 7) is 4.09. The Morgan fingerprint density at radius 1 is 1.38 bits per heavy atom. The van der Waals surface area contributed by atoms with Crippen molar-refractivity contribution in [1.82, 2.24) is 20.2 Å². The number of rotatable bonds is 5. The molecular formula is C20H24F2N4O3. The molecule has 2 aromatic rings. The fourth-order valence-electron chi connectivity index (χ4n) is 3.59. The molecule has 0 saturated heterocycles. The maximum absolute atomic E-state index is 14.6. The van der Waals surface area contributed by atoms with Gasteiger partial charge in [0.2, 0.25) is 0 Å². The minimum absolute atomic E-state index is 0.00618. The Morgan fingerprint density at radius 2 is 2.14 bits per heavy atom. The van der Waals surface area contributed by atoms with Gasteiger partial charge in [-0.1, -0.05) is 13.8 Å². The summed E-state index contributed by atoms with van der Waals surface area (Å²) in [4.78, 5) is 33.8. The van der Waals surface area contributed by atoms with Crippen LogP contribution in [0.4, 0.5) is 13.6 Å². The number of aromatic amines is 1. The highest BCUT2D eigenvalue weighted by atomic mass is 19.1. The molecule has 9 heteroatoms. The van der Waals surface area contributed by atoms with Gasteiger partial charge in [0, 0.05) is 24.2 Å². The third-order valence-corrected chi connectivity index (χ3v) is 4.93. The number of carbonyl (C=O) groups is 2. The van der Waals surface area contributed by atoms with E-state index in [1.807, 2.05) is 13.8 Å². The van der Waals surface area contributed by atoms with Crippen molar-refractivity contribution in [2.24, 2.45) is 5.92 Å². The number of hydrogen-bond acceptors (Lipinski definition) is 4. The van der Waals surface area contributed by atoms with E-state index in [0.717, 1.165) is 23.9 Å². The minimum Gasteiger partial charge on any atom is -0.467 e. The summed E-state index contributed by atoms with van der Waals surface area (Å²) >= 11 is 0. The molecule has 3 rings (SSSR count). The van der Waals surface area contributed by atoms with Crippen LogP contribution in [0.25, 0.3) is 0 Å². The number of halogens is 2. The van der Waals surface area contributed by atoms with Gasteiger partial charge < -0.3 is 19.9 Å². The zero-order chi connectivity index (χ0) is 21.1. The lowest BCUT2D eigenvalue weighted by molar-refractivity contribution is -0.143. The molecule has 1 aromatic heterocycles. The van der Waals surface area contributed by atoms with Gasteiger partial charge in [0.05, 0.1) is 19.1 Å². The number of methoxy groups -OCH3 is 1. The minimum atomic E-state index is -0.918. The first kappa shape index (κ1) is 20.8. The monoisotopic (exact) mass is 406 g/mol. The number of urea groups is 1. The van der Waals surface area contributed by atoms with Gasteiger partial charge in [0.15, 0.2) is 0 Å². The van der Waals surface area contributed by atoms with Crippen molar-refractivity contribution >= 4 is 12.0 Å². The lowest BCUT2D eigenvalue weighted by Gasteiger charge is -2.36. The highest BCUT2D eigenvalue weighted by Crippen LogP contribution is 2.35. The number of benzene rings is 1. The van der Waals surface area contributed by atoms with E-state index in [4.69, 9.17) is 4.74 Å². The van der Waals surface area contributed by atoms with Crippen molar-refractivity contribution < 1.29 is 23.1 Å². The summed E-state index contributed by atoms with van der Waals surface area (Å²) in [7, 11) is 1.25. The van der Waals surface area contributed by atoms with Crippen LogP contribution in [0.3, 0.4) is 0 Å². The van der Waals surface area contributed by atoms with E-state index in [9.17, 15) is 18.4 Å². The normalized spacial score (nSPS) is 17.0. The number of aromatic nitrogens is 2. The van der Waals surface area contributed by atoms with Crippen LogP contribution in [0.5, 0.6) is 0 Å². The van der Waals surface area contributed by atoms with Crippen LogP contribution in [-0.4, -0.2) is 46.6 Å². The molecule has 0 aliphatic carbocycles. The molecule has 2 N–H and O–H groups in total. The number of imidazole rings is 1. The Bertz CT molecular complexity index is 900. The average molecular weight is 406 g/mol. The van der Waals surface area contributed by atoms with Gasteiger partial charge in [0.1, 0.15) is 23.7 Å². The van der Waals surface area contributed by atoms with Crippen molar-refractivity contribution in [2.75, 3.05) is 13.7 Å². The third kappa shape index (κ3) is 4.38. The van der Waals surface area contributed by atoms with Crippen molar-refractivity contribution in [3.63, 3.8) is 0 Å². The van der Waals surface area contributed by atoms with Crippen LogP contribution in [0.15, 0.2) is 24.5 Å². The number of nitrogens with zero attached hydrogens (tertiary/aromatic N) is 2. The van der Waals surface area contributed by atoms with Gasteiger partial charge >= 0.3 is 12.0 Å². The molecule has 156 valence electrons. The lowest BCUT2D eigenvalue weighted by atomic mass is 9.95. The van der Waals surface area contributed by atoms with Gasteiger partial charge in [-0.15, -0.1) is 0 Å². The second kappa shape index (κ2) is 8.59. The van der Waals surface area contributed by atoms with Crippen molar-refractivity contribution in [3.8, 4) is 0 Å². The van der Waals surface area contributed by atoms with Gasteiger partial charge in [-0.05, 0) is 30.5 Å². The zero-order valence-corrected chi connectivity index (χ0v) is 16.5. The summed E-state index contributed by atoms with van der Waals surface area (Å²) < 4.78 is 33.2. The number of fused-ring (bicyclic) bond motifs is 1. The predicted molar refractivity (Wildman–Crippen MR) is 101 cm³/mol. The van der Waals surface area contributed by atoms with Crippen LogP contribution < -0.4 is 5.32 Å². The molecule has 2 amide bonds. The first-order valence-corrected chi connectivity index (χ1v) is 9.43. The van der Waals surface area contributed by atoms with Crippen LogP contribution in [0, 0.1) is 17.6 Å². The maximum Gasteiger partial charge on any atom is 0.328 e. The van der Waals surface area contributed by atoms with Crippen LogP contribution >= 0.6 is 0 Å². The molecule has 0 saturated carbocycles. The third-order valence-electron chi connectivity index (χ3n) is 4.93. The SMILES string of the molecule is COC(=O)[C@H](CC(C)C)NC(=O)N1CCc2[nH]cnc2[C@@H]1c1cc(F)ccc1F. The average Bonchev–Trinajstić information content (AvgIpc) is 3.16. The molecule has 0 unspecified atom stereocenters. The molecule has 2 heterocycles. The number of H-pyrrole nitrogens is 1. The Morgan fingerprint density at radius 3 is 2.83 bits per heavy atom. The fraction of sp³-hybridized carbons (Fsp3) is 0.450. The molecule has 0 spiro atoms. The van der Waals surface area contributed by atoms with Gasteiger partial charge in [-0.25, -0.2) is 23.4 Å². The lowest BCUT2D eigenvalue weighted by Crippen LogP contribution is -2.51. The molecule has 1 aromatic carbocycles. The van der Waals surface area contributed by atoms with E-state index in [-0.39, 0.29) is 18.0 Å². The van der Waals surface area contributed by atoms with Gasteiger partial charge in [-0.2, -0.15) is 0 Å². The number of esters is 1. The Kier molecular flexibility index (Phi) is 6.14. The van der Waals surface area contributed by atoms with Crippen molar-refractivity contribution in [2.45, 2.75) is 38.8 Å². The summed E-state index contributed by atoms with van der Waals surface area (Å²) in [6, 6.07) is 0.786. The van der Waals surface area contributed by atoms with E-state index in [1.165, 1.54) is 18.3 Å². The summed E-state index contributed by atoms with van der Waals surface area (Å²) in [5.74, 6) is -1.68. The number of ether oxygens (including phenoxy) is 1. The van der Waals surface area contributed by atoms with Crippen molar-refractivity contribution in [1.29, 1.82) is 0 Å². The first-order chi connectivity index (χ1) is 13.8. The van der Waals surface area contributed by atoms with Crippen molar-refractivity contribution in [3.05, 3.63) is 53.1 Å². The van der Waals surface area contributed by atoms with E-state index in [1.54, 1.807) is 0 Å². The molecule has 0 bridgehead atoms. The highest BCUT2D eigenvalue weighted by molar-refractivity contribution is 5.84. The molecule has 1 aliphatic rings. The van der Waals surface area contributed by atoms with E-state index in [0.29, 0.717) is 18.5 Å². The van der Waals surface area contributed by atoms with E-state index >= 15 is 0 Å². The molecule has 29 heavy (non-hydrogen) atoms. The Labute approximate surface area is 167 Å². The molecule has 0 radical (unpaired) electrons. The summed E-state index contributed by atoms with van der Waals surface area (Å²) in [5.41, 5.74) is 1.22. The maximum atomic E-state index is 14.6. The Balaban J connectivity index is 1.95. The molecule has 0 fully saturated rings.